The second-order valence-electron chi connectivity index (χ2n) is 6.24. The van der Waals surface area contributed by atoms with Crippen LogP contribution in [-0.2, 0) is 14.4 Å². The molecule has 1 unspecified atom stereocenters. The first kappa shape index (κ1) is 17.0. The van der Waals surface area contributed by atoms with Crippen LogP contribution >= 0.6 is 15.9 Å². The second-order valence-corrected chi connectivity index (χ2v) is 7.10. The van der Waals surface area contributed by atoms with E-state index < -0.39 is 17.8 Å². The van der Waals surface area contributed by atoms with E-state index in [9.17, 15) is 14.4 Å². The van der Waals surface area contributed by atoms with Gasteiger partial charge in [0.1, 0.15) is 5.92 Å². The molecule has 0 spiro atoms. The number of piperidine rings is 1. The molecule has 1 N–H and O–H groups in total. The minimum Gasteiger partial charge on any atom is -0.481 e. The monoisotopic (exact) mass is 394 g/mol. The van der Waals surface area contributed by atoms with Crippen molar-refractivity contribution in [3.63, 3.8) is 0 Å². The average Bonchev–Trinajstić information content (AvgIpc) is 2.96. The summed E-state index contributed by atoms with van der Waals surface area (Å²) in [5, 5.41) is 9.16. The number of rotatable bonds is 3. The van der Waals surface area contributed by atoms with Crippen molar-refractivity contribution >= 4 is 39.4 Å². The first-order chi connectivity index (χ1) is 11.5. The maximum atomic E-state index is 12.7. The fraction of sp³-hybridized carbons (Fsp3) is 0.471. The Morgan fingerprint density at radius 2 is 1.92 bits per heavy atom. The third kappa shape index (κ3) is 3.17. The summed E-state index contributed by atoms with van der Waals surface area (Å²) >= 11 is 3.44. The number of carbonyl (C=O) groups excluding carboxylic acids is 2. The van der Waals surface area contributed by atoms with E-state index in [1.54, 1.807) is 9.80 Å². The van der Waals surface area contributed by atoms with Gasteiger partial charge in [0.25, 0.3) is 0 Å². The van der Waals surface area contributed by atoms with Crippen molar-refractivity contribution in [1.29, 1.82) is 0 Å². The summed E-state index contributed by atoms with van der Waals surface area (Å²) in [7, 11) is 0. The van der Waals surface area contributed by atoms with E-state index in [0.29, 0.717) is 32.4 Å². The standard InChI is InChI=1S/C17H19BrN2O4/c18-13-5-1-2-6-14(13)20-9-7-12(16(20)22)15(21)19-8-3-4-11(10-19)17(23)24/h1-2,5-6,11-12H,3-4,7-10H2,(H,23,24)/t11-,12?/m0/s1. The quantitative estimate of drug-likeness (QED) is 0.796. The normalized spacial score (nSPS) is 24.3. The molecule has 24 heavy (non-hydrogen) atoms. The molecule has 0 saturated carbocycles. The Bertz CT molecular complexity index is 678. The molecule has 2 amide bonds. The molecule has 1 aromatic carbocycles. The van der Waals surface area contributed by atoms with Crippen LogP contribution in [0.3, 0.4) is 0 Å². The van der Waals surface area contributed by atoms with E-state index in [1.807, 2.05) is 24.3 Å². The summed E-state index contributed by atoms with van der Waals surface area (Å²) in [6, 6.07) is 7.43. The Hall–Kier alpha value is -1.89. The highest BCUT2D eigenvalue weighted by atomic mass is 79.9. The van der Waals surface area contributed by atoms with Crippen LogP contribution in [0.5, 0.6) is 0 Å². The first-order valence-corrected chi connectivity index (χ1v) is 8.86. The molecule has 2 heterocycles. The Kier molecular flexibility index (Phi) is 4.89. The highest BCUT2D eigenvalue weighted by molar-refractivity contribution is 9.10. The van der Waals surface area contributed by atoms with E-state index in [4.69, 9.17) is 5.11 Å². The van der Waals surface area contributed by atoms with Gasteiger partial charge in [-0.25, -0.2) is 0 Å². The number of hydrogen-bond acceptors (Lipinski definition) is 3. The van der Waals surface area contributed by atoms with Gasteiger partial charge in [-0.15, -0.1) is 0 Å². The van der Waals surface area contributed by atoms with Crippen LogP contribution in [0, 0.1) is 11.8 Å². The number of para-hydroxylation sites is 1. The van der Waals surface area contributed by atoms with Crippen LogP contribution in [-0.4, -0.2) is 47.4 Å². The predicted molar refractivity (Wildman–Crippen MR) is 91.5 cm³/mol. The third-order valence-corrected chi connectivity index (χ3v) is 5.40. The second kappa shape index (κ2) is 6.93. The molecule has 3 rings (SSSR count). The van der Waals surface area contributed by atoms with Gasteiger partial charge < -0.3 is 14.9 Å². The summed E-state index contributed by atoms with van der Waals surface area (Å²) in [6.07, 6.45) is 1.71. The highest BCUT2D eigenvalue weighted by Gasteiger charge is 2.41. The van der Waals surface area contributed by atoms with Gasteiger partial charge in [-0.2, -0.15) is 0 Å². The minimum atomic E-state index is -0.875. The van der Waals surface area contributed by atoms with Gasteiger partial charge in [-0.05, 0) is 47.3 Å². The number of carboxylic acids is 1. The molecule has 2 fully saturated rings. The van der Waals surface area contributed by atoms with Gasteiger partial charge in [0, 0.05) is 24.1 Å². The van der Waals surface area contributed by atoms with Crippen molar-refractivity contribution in [2.24, 2.45) is 11.8 Å². The third-order valence-electron chi connectivity index (χ3n) is 4.73. The van der Waals surface area contributed by atoms with Crippen molar-refractivity contribution in [2.45, 2.75) is 19.3 Å². The van der Waals surface area contributed by atoms with Gasteiger partial charge >= 0.3 is 5.97 Å². The lowest BCUT2D eigenvalue weighted by Gasteiger charge is -2.32. The van der Waals surface area contributed by atoms with E-state index in [0.717, 1.165) is 10.2 Å². The molecule has 0 aliphatic carbocycles. The molecule has 1 aromatic rings. The smallest absolute Gasteiger partial charge is 0.308 e. The minimum absolute atomic E-state index is 0.201. The molecule has 128 valence electrons. The fourth-order valence-electron chi connectivity index (χ4n) is 3.42. The van der Waals surface area contributed by atoms with Crippen LogP contribution in [0.1, 0.15) is 19.3 Å². The number of hydrogen-bond donors (Lipinski definition) is 1. The fourth-order valence-corrected chi connectivity index (χ4v) is 3.92. The SMILES string of the molecule is O=C(O)[C@H]1CCCN(C(=O)C2CCN(c3ccccc3Br)C2=O)C1. The van der Waals surface area contributed by atoms with Crippen molar-refractivity contribution < 1.29 is 19.5 Å². The molecular formula is C17H19BrN2O4. The van der Waals surface area contributed by atoms with Gasteiger partial charge in [0.15, 0.2) is 0 Å². The van der Waals surface area contributed by atoms with E-state index in [-0.39, 0.29) is 18.4 Å². The van der Waals surface area contributed by atoms with Crippen LogP contribution in [0.2, 0.25) is 0 Å². The molecule has 0 radical (unpaired) electrons. The molecule has 2 aliphatic heterocycles. The first-order valence-electron chi connectivity index (χ1n) is 8.06. The summed E-state index contributed by atoms with van der Waals surface area (Å²) in [5.41, 5.74) is 0.764. The van der Waals surface area contributed by atoms with Gasteiger partial charge in [0.2, 0.25) is 11.8 Å². The molecule has 2 atom stereocenters. The lowest BCUT2D eigenvalue weighted by molar-refractivity contribution is -0.147. The number of carboxylic acid groups (broad SMARTS) is 1. The zero-order chi connectivity index (χ0) is 17.3. The largest absolute Gasteiger partial charge is 0.481 e. The molecule has 7 heteroatoms. The van der Waals surface area contributed by atoms with Crippen molar-refractivity contribution in [1.82, 2.24) is 4.90 Å². The number of amides is 2. The number of anilines is 1. The Morgan fingerprint density at radius 1 is 1.17 bits per heavy atom. The van der Waals surface area contributed by atoms with Crippen LogP contribution in [0.4, 0.5) is 5.69 Å². The molecule has 6 nitrogen and oxygen atoms in total. The number of halogens is 1. The number of nitrogens with zero attached hydrogens (tertiary/aromatic N) is 2. The average molecular weight is 395 g/mol. The zero-order valence-corrected chi connectivity index (χ0v) is 14.7. The lowest BCUT2D eigenvalue weighted by Crippen LogP contribution is -2.46. The highest BCUT2D eigenvalue weighted by Crippen LogP contribution is 2.32. The maximum absolute atomic E-state index is 12.7. The number of aliphatic carboxylic acids is 1. The molecule has 0 aromatic heterocycles. The zero-order valence-electron chi connectivity index (χ0n) is 13.2. The van der Waals surface area contributed by atoms with Gasteiger partial charge in [0.05, 0.1) is 11.6 Å². The molecule has 0 bridgehead atoms. The lowest BCUT2D eigenvalue weighted by atomic mass is 9.96. The number of benzene rings is 1. The predicted octanol–water partition coefficient (Wildman–Crippen LogP) is 2.13. The summed E-state index contributed by atoms with van der Waals surface area (Å²) in [4.78, 5) is 39.8. The summed E-state index contributed by atoms with van der Waals surface area (Å²) in [6.45, 7) is 1.22. The van der Waals surface area contributed by atoms with Crippen molar-refractivity contribution in [3.05, 3.63) is 28.7 Å². The Morgan fingerprint density at radius 3 is 2.62 bits per heavy atom. The van der Waals surface area contributed by atoms with E-state index in [2.05, 4.69) is 15.9 Å². The van der Waals surface area contributed by atoms with Gasteiger partial charge in [-0.1, -0.05) is 12.1 Å². The van der Waals surface area contributed by atoms with Gasteiger partial charge in [-0.3, -0.25) is 14.4 Å². The van der Waals surface area contributed by atoms with Crippen LogP contribution < -0.4 is 4.90 Å². The molecule has 2 saturated heterocycles. The topological polar surface area (TPSA) is 77.9 Å². The van der Waals surface area contributed by atoms with Crippen LogP contribution in [0.15, 0.2) is 28.7 Å². The number of carbonyl (C=O) groups is 3. The summed E-state index contributed by atoms with van der Waals surface area (Å²) in [5.74, 6) is -2.55. The van der Waals surface area contributed by atoms with Crippen molar-refractivity contribution in [3.8, 4) is 0 Å². The molecular weight excluding hydrogens is 376 g/mol. The van der Waals surface area contributed by atoms with E-state index in [1.165, 1.54) is 0 Å². The van der Waals surface area contributed by atoms with Crippen molar-refractivity contribution in [2.75, 3.05) is 24.5 Å². The Balaban J connectivity index is 1.72. The molecule has 2 aliphatic rings. The van der Waals surface area contributed by atoms with Crippen LogP contribution in [0.25, 0.3) is 0 Å². The summed E-state index contributed by atoms with van der Waals surface area (Å²) < 4.78 is 0.815. The van der Waals surface area contributed by atoms with E-state index >= 15 is 0 Å². The number of likely N-dealkylation sites (tertiary alicyclic amines) is 1. The Labute approximate surface area is 148 Å². The maximum Gasteiger partial charge on any atom is 0.308 e.